The maximum absolute atomic E-state index is 11.2. The monoisotopic (exact) mass is 243 g/mol. The molecule has 2 N–H and O–H groups in total. The van der Waals surface area contributed by atoms with Gasteiger partial charge in [-0.15, -0.1) is 0 Å². The van der Waals surface area contributed by atoms with E-state index < -0.39 is 11.6 Å². The number of aliphatic hydroxyl groups is 1. The highest BCUT2D eigenvalue weighted by Crippen LogP contribution is 2.28. The van der Waals surface area contributed by atoms with E-state index in [9.17, 15) is 9.90 Å². The van der Waals surface area contributed by atoms with Crippen molar-refractivity contribution in [3.05, 3.63) is 0 Å². The van der Waals surface area contributed by atoms with Crippen LogP contribution in [0.15, 0.2) is 0 Å². The highest BCUT2D eigenvalue weighted by Gasteiger charge is 2.30. The molecule has 0 bridgehead atoms. The molecule has 0 spiro atoms. The quantitative estimate of drug-likeness (QED) is 0.525. The summed E-state index contributed by atoms with van der Waals surface area (Å²) >= 11 is 0. The minimum absolute atomic E-state index is 0.254. The summed E-state index contributed by atoms with van der Waals surface area (Å²) in [5.41, 5.74) is -1.41. The van der Waals surface area contributed by atoms with Crippen LogP contribution in [0.4, 0.5) is 0 Å². The average molecular weight is 243 g/mol. The normalized spacial score (nSPS) is 20.2. The molecule has 0 aromatic heterocycles. The molecule has 0 aliphatic heterocycles. The second-order valence-corrected chi connectivity index (χ2v) is 5.23. The second kappa shape index (κ2) is 6.97. The summed E-state index contributed by atoms with van der Waals surface area (Å²) in [5, 5.41) is 12.9. The van der Waals surface area contributed by atoms with Gasteiger partial charge in [0.2, 0.25) is 0 Å². The Labute approximate surface area is 104 Å². The first-order chi connectivity index (χ1) is 8.06. The van der Waals surface area contributed by atoms with Gasteiger partial charge in [-0.05, 0) is 32.2 Å². The van der Waals surface area contributed by atoms with Crippen molar-refractivity contribution in [1.29, 1.82) is 0 Å². The predicted molar refractivity (Wildman–Crippen MR) is 66.7 cm³/mol. The van der Waals surface area contributed by atoms with E-state index in [0.29, 0.717) is 0 Å². The number of hydrogen-bond acceptors (Lipinski definition) is 4. The molecule has 1 atom stereocenters. The molecular weight excluding hydrogens is 218 g/mol. The molecule has 0 amide bonds. The third kappa shape index (κ3) is 5.04. The Morgan fingerprint density at radius 3 is 2.71 bits per heavy atom. The van der Waals surface area contributed by atoms with Gasteiger partial charge in [0.05, 0.1) is 7.11 Å². The molecule has 1 aliphatic carbocycles. The van der Waals surface area contributed by atoms with E-state index in [-0.39, 0.29) is 6.54 Å². The molecule has 0 saturated heterocycles. The van der Waals surface area contributed by atoms with Gasteiger partial charge in [-0.1, -0.05) is 25.7 Å². The van der Waals surface area contributed by atoms with Gasteiger partial charge in [0.1, 0.15) is 0 Å². The molecule has 1 saturated carbocycles. The van der Waals surface area contributed by atoms with Crippen molar-refractivity contribution in [2.75, 3.05) is 20.2 Å². The highest BCUT2D eigenvalue weighted by atomic mass is 16.5. The third-order valence-corrected chi connectivity index (χ3v) is 3.54. The standard InChI is InChI=1S/C13H25NO3/c1-13(16,12(15)17-2)10-14-9-5-8-11-6-3-4-7-11/h11,14,16H,3-10H2,1-2H3. The fraction of sp³-hybridized carbons (Fsp3) is 0.923. The molecule has 1 fully saturated rings. The van der Waals surface area contributed by atoms with E-state index in [2.05, 4.69) is 10.1 Å². The number of nitrogens with one attached hydrogen (secondary N) is 1. The van der Waals surface area contributed by atoms with Crippen LogP contribution in [0.5, 0.6) is 0 Å². The Bertz CT molecular complexity index is 235. The summed E-state index contributed by atoms with van der Waals surface area (Å²) in [4.78, 5) is 11.2. The Kier molecular flexibility index (Phi) is 5.92. The molecule has 1 rings (SSSR count). The van der Waals surface area contributed by atoms with Crippen molar-refractivity contribution in [3.63, 3.8) is 0 Å². The number of rotatable bonds is 7. The number of carbonyl (C=O) groups is 1. The van der Waals surface area contributed by atoms with E-state index in [1.54, 1.807) is 0 Å². The Morgan fingerprint density at radius 2 is 2.12 bits per heavy atom. The maximum atomic E-state index is 11.2. The van der Waals surface area contributed by atoms with Gasteiger partial charge in [0, 0.05) is 6.54 Å². The maximum Gasteiger partial charge on any atom is 0.338 e. The van der Waals surface area contributed by atoms with Crippen molar-refractivity contribution < 1.29 is 14.6 Å². The first kappa shape index (κ1) is 14.5. The van der Waals surface area contributed by atoms with Crippen LogP contribution in [-0.2, 0) is 9.53 Å². The first-order valence-electron chi connectivity index (χ1n) is 6.58. The molecule has 1 aliphatic rings. The van der Waals surface area contributed by atoms with Crippen LogP contribution in [0.3, 0.4) is 0 Å². The first-order valence-corrected chi connectivity index (χ1v) is 6.58. The van der Waals surface area contributed by atoms with E-state index in [4.69, 9.17) is 0 Å². The summed E-state index contributed by atoms with van der Waals surface area (Å²) in [7, 11) is 1.29. The fourth-order valence-corrected chi connectivity index (χ4v) is 2.44. The zero-order valence-corrected chi connectivity index (χ0v) is 11.0. The van der Waals surface area contributed by atoms with Crippen LogP contribution in [0.25, 0.3) is 0 Å². The van der Waals surface area contributed by atoms with Crippen molar-refractivity contribution in [2.24, 2.45) is 5.92 Å². The number of ether oxygens (including phenoxy) is 1. The summed E-state index contributed by atoms with van der Waals surface area (Å²) in [6, 6.07) is 0. The third-order valence-electron chi connectivity index (χ3n) is 3.54. The van der Waals surface area contributed by atoms with Crippen LogP contribution in [0, 0.1) is 5.92 Å². The predicted octanol–water partition coefficient (Wildman–Crippen LogP) is 1.47. The van der Waals surface area contributed by atoms with E-state index in [1.807, 2.05) is 0 Å². The molecule has 17 heavy (non-hydrogen) atoms. The molecular formula is C13H25NO3. The van der Waals surface area contributed by atoms with Gasteiger partial charge in [0.15, 0.2) is 5.60 Å². The van der Waals surface area contributed by atoms with E-state index in [0.717, 1.165) is 18.9 Å². The van der Waals surface area contributed by atoms with Crippen molar-refractivity contribution >= 4 is 5.97 Å². The van der Waals surface area contributed by atoms with Crippen LogP contribution >= 0.6 is 0 Å². The van der Waals surface area contributed by atoms with Gasteiger partial charge in [-0.2, -0.15) is 0 Å². The SMILES string of the molecule is COC(=O)C(C)(O)CNCCCC1CCCC1. The zero-order valence-electron chi connectivity index (χ0n) is 11.0. The summed E-state index contributed by atoms with van der Waals surface area (Å²) in [5.74, 6) is 0.318. The van der Waals surface area contributed by atoms with Crippen LogP contribution in [0.1, 0.15) is 45.4 Å². The second-order valence-electron chi connectivity index (χ2n) is 5.23. The molecule has 1 unspecified atom stereocenters. The molecule has 0 radical (unpaired) electrons. The van der Waals surface area contributed by atoms with Crippen LogP contribution in [0.2, 0.25) is 0 Å². The summed E-state index contributed by atoms with van der Waals surface area (Å²) in [6.45, 7) is 2.58. The van der Waals surface area contributed by atoms with E-state index in [1.165, 1.54) is 46.1 Å². The van der Waals surface area contributed by atoms with Crippen molar-refractivity contribution in [2.45, 2.75) is 51.0 Å². The van der Waals surface area contributed by atoms with E-state index >= 15 is 0 Å². The molecule has 100 valence electrons. The number of carbonyl (C=O) groups excluding carboxylic acids is 1. The molecule has 0 aromatic rings. The van der Waals surface area contributed by atoms with Crippen molar-refractivity contribution in [1.82, 2.24) is 5.32 Å². The summed E-state index contributed by atoms with van der Waals surface area (Å²) in [6.07, 6.45) is 7.89. The lowest BCUT2D eigenvalue weighted by atomic mass is 10.0. The van der Waals surface area contributed by atoms with Crippen LogP contribution < -0.4 is 5.32 Å². The van der Waals surface area contributed by atoms with Crippen molar-refractivity contribution in [3.8, 4) is 0 Å². The van der Waals surface area contributed by atoms with Gasteiger partial charge in [-0.3, -0.25) is 0 Å². The lowest BCUT2D eigenvalue weighted by molar-refractivity contribution is -0.159. The lowest BCUT2D eigenvalue weighted by Crippen LogP contribution is -2.45. The number of methoxy groups -OCH3 is 1. The topological polar surface area (TPSA) is 58.6 Å². The molecule has 4 heteroatoms. The lowest BCUT2D eigenvalue weighted by Gasteiger charge is -2.20. The van der Waals surface area contributed by atoms with Gasteiger partial charge >= 0.3 is 5.97 Å². The molecule has 0 aromatic carbocycles. The average Bonchev–Trinajstić information content (AvgIpc) is 2.80. The largest absolute Gasteiger partial charge is 0.467 e. The zero-order chi connectivity index (χ0) is 12.7. The molecule has 4 nitrogen and oxygen atoms in total. The smallest absolute Gasteiger partial charge is 0.338 e. The highest BCUT2D eigenvalue weighted by molar-refractivity contribution is 5.78. The number of esters is 1. The van der Waals surface area contributed by atoms with Gasteiger partial charge in [0.25, 0.3) is 0 Å². The Morgan fingerprint density at radius 1 is 1.47 bits per heavy atom. The summed E-state index contributed by atoms with van der Waals surface area (Å²) < 4.78 is 4.52. The van der Waals surface area contributed by atoms with Gasteiger partial charge < -0.3 is 15.2 Å². The number of hydrogen-bond donors (Lipinski definition) is 2. The Balaban J connectivity index is 2.04. The minimum Gasteiger partial charge on any atom is -0.467 e. The van der Waals surface area contributed by atoms with Crippen LogP contribution in [-0.4, -0.2) is 36.9 Å². The fourth-order valence-electron chi connectivity index (χ4n) is 2.44. The van der Waals surface area contributed by atoms with Gasteiger partial charge in [-0.25, -0.2) is 4.79 Å². The minimum atomic E-state index is -1.41. The molecule has 0 heterocycles. The Hall–Kier alpha value is -0.610.